The van der Waals surface area contributed by atoms with Gasteiger partial charge in [-0.15, -0.1) is 0 Å². The molecule has 0 amide bonds. The molecule has 3 aromatic rings. The third-order valence-corrected chi connectivity index (χ3v) is 4.60. The number of para-hydroxylation sites is 2. The molecule has 0 saturated heterocycles. The second kappa shape index (κ2) is 6.19. The van der Waals surface area contributed by atoms with E-state index in [1.54, 1.807) is 0 Å². The molecule has 0 spiro atoms. The molecule has 0 radical (unpaired) electrons. The number of aromatic amines is 1. The van der Waals surface area contributed by atoms with Crippen LogP contribution in [-0.2, 0) is 19.3 Å². The van der Waals surface area contributed by atoms with Crippen LogP contribution in [0.3, 0.4) is 0 Å². The largest absolute Gasteiger partial charge is 0.486 e. The van der Waals surface area contributed by atoms with Crippen LogP contribution in [-0.4, -0.2) is 22.7 Å². The molecule has 1 atom stereocenters. The number of hydrogen-bond acceptors (Lipinski definition) is 3. The van der Waals surface area contributed by atoms with E-state index >= 15 is 0 Å². The molecule has 1 aromatic heterocycles. The number of nitrogens with zero attached hydrogens (tertiary/aromatic N) is 1. The summed E-state index contributed by atoms with van der Waals surface area (Å²) in [5, 5.41) is 0. The van der Waals surface area contributed by atoms with Gasteiger partial charge in [-0.25, -0.2) is 4.98 Å². The van der Waals surface area contributed by atoms with Gasteiger partial charge in [-0.05, 0) is 48.2 Å². The zero-order valence-corrected chi connectivity index (χ0v) is 14.1. The van der Waals surface area contributed by atoms with E-state index in [0.717, 1.165) is 41.2 Å². The molecule has 124 valence electrons. The molecular formula is C20H22N2O2. The molecule has 2 heterocycles. The second-order valence-electron chi connectivity index (χ2n) is 6.23. The van der Waals surface area contributed by atoms with Crippen molar-refractivity contribution >= 4 is 11.0 Å². The van der Waals surface area contributed by atoms with Gasteiger partial charge in [0.2, 0.25) is 0 Å². The molecular weight excluding hydrogens is 300 g/mol. The summed E-state index contributed by atoms with van der Waals surface area (Å²) < 4.78 is 11.8. The van der Waals surface area contributed by atoms with Crippen LogP contribution in [0.5, 0.6) is 11.5 Å². The lowest BCUT2D eigenvalue weighted by Crippen LogP contribution is -2.31. The minimum atomic E-state index is -0.0169. The Kier molecular flexibility index (Phi) is 3.89. The first-order valence-corrected chi connectivity index (χ1v) is 8.65. The number of fused-ring (bicyclic) bond motifs is 2. The molecule has 0 aliphatic carbocycles. The van der Waals surface area contributed by atoms with Crippen LogP contribution in [0.15, 0.2) is 36.4 Å². The molecule has 1 unspecified atom stereocenters. The Hall–Kier alpha value is -2.49. The normalized spacial score (nSPS) is 16.5. The number of rotatable bonds is 4. The van der Waals surface area contributed by atoms with Crippen molar-refractivity contribution in [3.8, 4) is 11.5 Å². The lowest BCUT2D eigenvalue weighted by atomic mass is 10.0. The summed E-state index contributed by atoms with van der Waals surface area (Å²) in [6, 6.07) is 12.2. The van der Waals surface area contributed by atoms with Gasteiger partial charge in [0.1, 0.15) is 18.5 Å². The van der Waals surface area contributed by atoms with Crippen molar-refractivity contribution < 1.29 is 9.47 Å². The fourth-order valence-electron chi connectivity index (χ4n) is 3.33. The fourth-order valence-corrected chi connectivity index (χ4v) is 3.33. The van der Waals surface area contributed by atoms with Crippen molar-refractivity contribution in [2.75, 3.05) is 6.61 Å². The Morgan fingerprint density at radius 2 is 1.83 bits per heavy atom. The topological polar surface area (TPSA) is 47.1 Å². The van der Waals surface area contributed by atoms with E-state index < -0.39 is 0 Å². The Labute approximate surface area is 141 Å². The number of H-pyrrole nitrogens is 1. The maximum atomic E-state index is 6.04. The van der Waals surface area contributed by atoms with E-state index in [-0.39, 0.29) is 6.10 Å². The van der Waals surface area contributed by atoms with Crippen molar-refractivity contribution in [3.05, 3.63) is 53.3 Å². The zero-order chi connectivity index (χ0) is 16.5. The number of ether oxygens (including phenoxy) is 2. The second-order valence-corrected chi connectivity index (χ2v) is 6.23. The zero-order valence-electron chi connectivity index (χ0n) is 14.1. The van der Waals surface area contributed by atoms with E-state index in [4.69, 9.17) is 14.5 Å². The summed E-state index contributed by atoms with van der Waals surface area (Å²) in [6.45, 7) is 4.94. The van der Waals surface area contributed by atoms with Gasteiger partial charge in [-0.2, -0.15) is 0 Å². The Morgan fingerprint density at radius 3 is 2.62 bits per heavy atom. The lowest BCUT2D eigenvalue weighted by Gasteiger charge is -2.25. The Balaban J connectivity index is 1.57. The molecule has 24 heavy (non-hydrogen) atoms. The molecule has 0 bridgehead atoms. The first kappa shape index (κ1) is 15.1. The maximum Gasteiger partial charge on any atom is 0.161 e. The number of aromatic nitrogens is 2. The number of aryl methyl sites for hydroxylation is 2. The van der Waals surface area contributed by atoms with Gasteiger partial charge in [-0.1, -0.05) is 26.0 Å². The lowest BCUT2D eigenvalue weighted by molar-refractivity contribution is 0.0900. The highest BCUT2D eigenvalue weighted by atomic mass is 16.6. The van der Waals surface area contributed by atoms with E-state index in [0.29, 0.717) is 13.0 Å². The third kappa shape index (κ3) is 2.73. The van der Waals surface area contributed by atoms with Gasteiger partial charge in [-0.3, -0.25) is 0 Å². The highest BCUT2D eigenvalue weighted by molar-refractivity contribution is 5.77. The predicted octanol–water partition coefficient (Wildman–Crippen LogP) is 4.07. The number of hydrogen-bond donors (Lipinski definition) is 1. The Bertz CT molecular complexity index is 828. The molecule has 1 N–H and O–H groups in total. The molecule has 4 rings (SSSR count). The maximum absolute atomic E-state index is 6.04. The molecule has 2 aromatic carbocycles. The summed E-state index contributed by atoms with van der Waals surface area (Å²) >= 11 is 0. The summed E-state index contributed by atoms with van der Waals surface area (Å²) in [7, 11) is 0. The van der Waals surface area contributed by atoms with Crippen LogP contribution in [0.25, 0.3) is 11.0 Å². The fraction of sp³-hybridized carbons (Fsp3) is 0.350. The van der Waals surface area contributed by atoms with Crippen LogP contribution < -0.4 is 9.47 Å². The van der Waals surface area contributed by atoms with Gasteiger partial charge < -0.3 is 14.5 Å². The van der Waals surface area contributed by atoms with E-state index in [1.165, 1.54) is 11.1 Å². The monoisotopic (exact) mass is 322 g/mol. The summed E-state index contributed by atoms with van der Waals surface area (Å²) in [5.41, 5.74) is 4.92. The van der Waals surface area contributed by atoms with E-state index in [2.05, 4.69) is 31.0 Å². The molecule has 4 heteroatoms. The van der Waals surface area contributed by atoms with E-state index in [1.807, 2.05) is 24.3 Å². The molecule has 1 aliphatic heterocycles. The van der Waals surface area contributed by atoms with Gasteiger partial charge in [0.25, 0.3) is 0 Å². The average molecular weight is 322 g/mol. The number of nitrogens with one attached hydrogen (secondary N) is 1. The minimum Gasteiger partial charge on any atom is -0.486 e. The Morgan fingerprint density at radius 1 is 1.08 bits per heavy atom. The molecule has 0 saturated carbocycles. The van der Waals surface area contributed by atoms with Crippen molar-refractivity contribution in [2.24, 2.45) is 0 Å². The van der Waals surface area contributed by atoms with Crippen molar-refractivity contribution in [1.82, 2.24) is 9.97 Å². The number of imidazole rings is 1. The standard InChI is InChI=1S/C20H22N2O2/c1-3-13-9-16-17(10-14(13)4-2)22-20(21-16)11-15-12-23-18-7-5-6-8-19(18)24-15/h5-10,15H,3-4,11-12H2,1-2H3,(H,21,22). The first-order valence-electron chi connectivity index (χ1n) is 8.65. The summed E-state index contributed by atoms with van der Waals surface area (Å²) in [5.74, 6) is 2.58. The minimum absolute atomic E-state index is 0.0169. The smallest absolute Gasteiger partial charge is 0.161 e. The summed E-state index contributed by atoms with van der Waals surface area (Å²) in [4.78, 5) is 8.20. The summed E-state index contributed by atoms with van der Waals surface area (Å²) in [6.07, 6.45) is 2.78. The van der Waals surface area contributed by atoms with E-state index in [9.17, 15) is 0 Å². The third-order valence-electron chi connectivity index (χ3n) is 4.60. The predicted molar refractivity (Wildman–Crippen MR) is 94.9 cm³/mol. The SMILES string of the molecule is CCc1cc2nc(CC3COc4ccccc4O3)[nH]c2cc1CC. The van der Waals surface area contributed by atoms with Crippen molar-refractivity contribution in [2.45, 2.75) is 39.2 Å². The number of benzene rings is 2. The van der Waals surface area contributed by atoms with Crippen molar-refractivity contribution in [1.29, 1.82) is 0 Å². The van der Waals surface area contributed by atoms with Crippen LogP contribution in [0.1, 0.15) is 30.8 Å². The van der Waals surface area contributed by atoms with Crippen LogP contribution in [0.2, 0.25) is 0 Å². The average Bonchev–Trinajstić information content (AvgIpc) is 3.01. The van der Waals surface area contributed by atoms with Gasteiger partial charge in [0.05, 0.1) is 11.0 Å². The van der Waals surface area contributed by atoms with Gasteiger partial charge in [0, 0.05) is 6.42 Å². The molecule has 4 nitrogen and oxygen atoms in total. The molecule has 0 fully saturated rings. The highest BCUT2D eigenvalue weighted by Gasteiger charge is 2.22. The van der Waals surface area contributed by atoms with Crippen molar-refractivity contribution in [3.63, 3.8) is 0 Å². The highest BCUT2D eigenvalue weighted by Crippen LogP contribution is 2.31. The first-order chi connectivity index (χ1) is 11.8. The quantitative estimate of drug-likeness (QED) is 0.787. The van der Waals surface area contributed by atoms with Crippen LogP contribution in [0.4, 0.5) is 0 Å². The van der Waals surface area contributed by atoms with Crippen LogP contribution >= 0.6 is 0 Å². The van der Waals surface area contributed by atoms with Gasteiger partial charge >= 0.3 is 0 Å². The van der Waals surface area contributed by atoms with Gasteiger partial charge in [0.15, 0.2) is 11.5 Å². The molecule has 1 aliphatic rings. The van der Waals surface area contributed by atoms with Crippen LogP contribution in [0, 0.1) is 0 Å².